The summed E-state index contributed by atoms with van der Waals surface area (Å²) >= 11 is 6.00. The maximum absolute atomic E-state index is 12.8. The molecule has 2 amide bonds. The number of halogens is 1. The first kappa shape index (κ1) is 16.5. The number of amides is 2. The molecule has 0 radical (unpaired) electrons. The molecule has 1 aromatic carbocycles. The topological polar surface area (TPSA) is 67.2 Å². The number of aromatic nitrogens is 2. The lowest BCUT2D eigenvalue weighted by Gasteiger charge is -2.34. The van der Waals surface area contributed by atoms with E-state index < -0.39 is 6.04 Å². The first-order valence-electron chi connectivity index (χ1n) is 8.00. The molecule has 1 aliphatic heterocycles. The highest BCUT2D eigenvalue weighted by atomic mass is 35.5. The third kappa shape index (κ3) is 3.28. The van der Waals surface area contributed by atoms with Crippen LogP contribution in [0, 0.1) is 0 Å². The molecule has 1 N–H and O–H groups in total. The Morgan fingerprint density at radius 3 is 3.00 bits per heavy atom. The molecule has 3 rings (SSSR count). The van der Waals surface area contributed by atoms with E-state index in [2.05, 4.69) is 10.4 Å². The molecule has 126 valence electrons. The Labute approximate surface area is 145 Å². The fourth-order valence-corrected chi connectivity index (χ4v) is 3.05. The molecule has 1 fully saturated rings. The molecule has 2 heterocycles. The quantitative estimate of drug-likeness (QED) is 0.923. The van der Waals surface area contributed by atoms with Crippen LogP contribution in [0.1, 0.15) is 30.3 Å². The lowest BCUT2D eigenvalue weighted by Crippen LogP contribution is -2.57. The average Bonchev–Trinajstić information content (AvgIpc) is 3.06. The van der Waals surface area contributed by atoms with Crippen molar-refractivity contribution in [2.45, 2.75) is 25.8 Å². The van der Waals surface area contributed by atoms with E-state index in [1.807, 2.05) is 19.1 Å². The van der Waals surface area contributed by atoms with Crippen molar-refractivity contribution < 1.29 is 9.59 Å². The highest BCUT2D eigenvalue weighted by Gasteiger charge is 2.33. The zero-order valence-electron chi connectivity index (χ0n) is 13.4. The fraction of sp³-hybridized carbons (Fsp3) is 0.353. The fourth-order valence-electron chi connectivity index (χ4n) is 2.87. The van der Waals surface area contributed by atoms with E-state index >= 15 is 0 Å². The Bertz CT molecular complexity index is 759. The minimum atomic E-state index is -0.424. The van der Waals surface area contributed by atoms with Crippen molar-refractivity contribution in [1.29, 1.82) is 0 Å². The highest BCUT2D eigenvalue weighted by Crippen LogP contribution is 2.17. The molecule has 1 aliphatic rings. The van der Waals surface area contributed by atoms with Crippen LogP contribution >= 0.6 is 11.6 Å². The smallest absolute Gasteiger partial charge is 0.275 e. The summed E-state index contributed by atoms with van der Waals surface area (Å²) in [6.07, 6.45) is 3.20. The second-order valence-electron chi connectivity index (χ2n) is 5.72. The summed E-state index contributed by atoms with van der Waals surface area (Å²) in [5, 5.41) is 7.77. The molecule has 1 saturated heterocycles. The zero-order valence-corrected chi connectivity index (χ0v) is 14.2. The second kappa shape index (κ2) is 7.05. The Morgan fingerprint density at radius 2 is 2.25 bits per heavy atom. The first-order chi connectivity index (χ1) is 11.6. The van der Waals surface area contributed by atoms with Crippen molar-refractivity contribution in [1.82, 2.24) is 20.0 Å². The van der Waals surface area contributed by atoms with E-state index in [-0.39, 0.29) is 11.8 Å². The van der Waals surface area contributed by atoms with Gasteiger partial charge < -0.3 is 10.2 Å². The lowest BCUT2D eigenvalue weighted by atomic mass is 10.1. The van der Waals surface area contributed by atoms with Gasteiger partial charge in [0.1, 0.15) is 6.04 Å². The molecule has 0 spiro atoms. The van der Waals surface area contributed by atoms with Crippen LogP contribution in [0.3, 0.4) is 0 Å². The molecule has 2 aromatic rings. The number of hydrogen-bond donors (Lipinski definition) is 1. The monoisotopic (exact) mass is 346 g/mol. The molecular formula is C17H19ClN4O2. The van der Waals surface area contributed by atoms with Gasteiger partial charge >= 0.3 is 0 Å². The van der Waals surface area contributed by atoms with Gasteiger partial charge in [0, 0.05) is 24.3 Å². The number of rotatable bonds is 4. The standard InChI is InChI=1S/C17H19ClN4O2/c1-2-4-15-16(23)19-8-10-21(15)17(24)14-7-9-22(20-14)13-6-3-5-12(18)11-13/h3,5-7,9,11,15H,2,4,8,10H2,1H3,(H,19,23). The molecule has 0 bridgehead atoms. The van der Waals surface area contributed by atoms with Crippen LogP contribution in [0.5, 0.6) is 0 Å². The van der Waals surface area contributed by atoms with E-state index in [4.69, 9.17) is 11.6 Å². The summed E-state index contributed by atoms with van der Waals surface area (Å²) in [5.74, 6) is -0.310. The predicted octanol–water partition coefficient (Wildman–Crippen LogP) is 2.27. The molecule has 1 aromatic heterocycles. The van der Waals surface area contributed by atoms with Crippen LogP contribution in [0.25, 0.3) is 5.69 Å². The molecule has 0 saturated carbocycles. The Balaban J connectivity index is 1.83. The summed E-state index contributed by atoms with van der Waals surface area (Å²) < 4.78 is 1.61. The number of carbonyl (C=O) groups is 2. The average molecular weight is 347 g/mol. The van der Waals surface area contributed by atoms with Crippen LogP contribution < -0.4 is 5.32 Å². The SMILES string of the molecule is CCCC1C(=O)NCCN1C(=O)c1ccn(-c2cccc(Cl)c2)n1. The highest BCUT2D eigenvalue weighted by molar-refractivity contribution is 6.30. The number of benzene rings is 1. The first-order valence-corrected chi connectivity index (χ1v) is 8.38. The van der Waals surface area contributed by atoms with E-state index in [1.54, 1.807) is 34.0 Å². The van der Waals surface area contributed by atoms with E-state index in [0.29, 0.717) is 30.2 Å². The molecule has 1 atom stereocenters. The number of hydrogen-bond acceptors (Lipinski definition) is 3. The number of piperazine rings is 1. The minimum Gasteiger partial charge on any atom is -0.353 e. The molecule has 0 aliphatic carbocycles. The largest absolute Gasteiger partial charge is 0.353 e. The number of nitrogens with zero attached hydrogens (tertiary/aromatic N) is 3. The summed E-state index contributed by atoms with van der Waals surface area (Å²) in [6.45, 7) is 2.97. The van der Waals surface area contributed by atoms with Crippen molar-refractivity contribution in [3.63, 3.8) is 0 Å². The van der Waals surface area contributed by atoms with Crippen molar-refractivity contribution in [2.75, 3.05) is 13.1 Å². The summed E-state index contributed by atoms with van der Waals surface area (Å²) in [6, 6.07) is 8.49. The Morgan fingerprint density at radius 1 is 1.42 bits per heavy atom. The third-order valence-corrected chi connectivity index (χ3v) is 4.27. The van der Waals surface area contributed by atoms with Crippen LogP contribution in [0.2, 0.25) is 5.02 Å². The summed E-state index contributed by atoms with van der Waals surface area (Å²) in [7, 11) is 0. The Kier molecular flexibility index (Phi) is 4.85. The van der Waals surface area contributed by atoms with Gasteiger partial charge in [-0.3, -0.25) is 9.59 Å². The van der Waals surface area contributed by atoms with Crippen molar-refractivity contribution in [3.8, 4) is 5.69 Å². The summed E-state index contributed by atoms with van der Waals surface area (Å²) in [4.78, 5) is 26.5. The Hall–Kier alpha value is -2.34. The van der Waals surface area contributed by atoms with Gasteiger partial charge in [-0.1, -0.05) is 31.0 Å². The van der Waals surface area contributed by atoms with Gasteiger partial charge in [-0.15, -0.1) is 0 Å². The molecule has 7 heteroatoms. The normalized spacial score (nSPS) is 17.7. The van der Waals surface area contributed by atoms with Crippen LogP contribution in [-0.4, -0.2) is 45.6 Å². The van der Waals surface area contributed by atoms with Gasteiger partial charge in [-0.05, 0) is 30.7 Å². The molecular weight excluding hydrogens is 328 g/mol. The van der Waals surface area contributed by atoms with Crippen molar-refractivity contribution in [2.24, 2.45) is 0 Å². The van der Waals surface area contributed by atoms with Gasteiger partial charge in [0.25, 0.3) is 5.91 Å². The maximum Gasteiger partial charge on any atom is 0.275 e. The zero-order chi connectivity index (χ0) is 17.1. The second-order valence-corrected chi connectivity index (χ2v) is 6.16. The van der Waals surface area contributed by atoms with E-state index in [0.717, 1.165) is 12.1 Å². The van der Waals surface area contributed by atoms with Gasteiger partial charge in [-0.25, -0.2) is 4.68 Å². The third-order valence-electron chi connectivity index (χ3n) is 4.03. The van der Waals surface area contributed by atoms with Gasteiger partial charge in [-0.2, -0.15) is 5.10 Å². The van der Waals surface area contributed by atoms with Gasteiger partial charge in [0.05, 0.1) is 5.69 Å². The minimum absolute atomic E-state index is 0.0919. The number of carbonyl (C=O) groups excluding carboxylic acids is 2. The van der Waals surface area contributed by atoms with Gasteiger partial charge in [0.2, 0.25) is 5.91 Å². The molecule has 6 nitrogen and oxygen atoms in total. The van der Waals surface area contributed by atoms with Gasteiger partial charge in [0.15, 0.2) is 5.69 Å². The molecule has 24 heavy (non-hydrogen) atoms. The number of nitrogens with one attached hydrogen (secondary N) is 1. The van der Waals surface area contributed by atoms with Crippen molar-refractivity contribution in [3.05, 3.63) is 47.2 Å². The predicted molar refractivity (Wildman–Crippen MR) is 91.3 cm³/mol. The van der Waals surface area contributed by atoms with Crippen LogP contribution in [-0.2, 0) is 4.79 Å². The van der Waals surface area contributed by atoms with Crippen molar-refractivity contribution >= 4 is 23.4 Å². The lowest BCUT2D eigenvalue weighted by molar-refractivity contribution is -0.128. The molecule has 1 unspecified atom stereocenters. The summed E-state index contributed by atoms with van der Waals surface area (Å²) in [5.41, 5.74) is 1.11. The van der Waals surface area contributed by atoms with E-state index in [1.165, 1.54) is 0 Å². The van der Waals surface area contributed by atoms with E-state index in [9.17, 15) is 9.59 Å². The maximum atomic E-state index is 12.8. The van der Waals surface area contributed by atoms with Crippen LogP contribution in [0.4, 0.5) is 0 Å². The van der Waals surface area contributed by atoms with Crippen LogP contribution in [0.15, 0.2) is 36.5 Å².